The molecule has 3 rings (SSSR count). The Balaban J connectivity index is 1.89. The number of imidazole rings is 1. The second-order valence-corrected chi connectivity index (χ2v) is 6.57. The van der Waals surface area contributed by atoms with Crippen molar-refractivity contribution in [3.8, 4) is 11.3 Å². The monoisotopic (exact) mass is 332 g/mol. The lowest BCUT2D eigenvalue weighted by molar-refractivity contribution is 0.443. The first-order chi connectivity index (χ1) is 9.66. The van der Waals surface area contributed by atoms with Crippen molar-refractivity contribution >= 4 is 15.9 Å². The van der Waals surface area contributed by atoms with Crippen molar-refractivity contribution in [3.05, 3.63) is 40.3 Å². The van der Waals surface area contributed by atoms with Gasteiger partial charge in [0.15, 0.2) is 0 Å². The van der Waals surface area contributed by atoms with Gasteiger partial charge in [-0.15, -0.1) is 0 Å². The molecule has 0 radical (unpaired) electrons. The fourth-order valence-corrected chi connectivity index (χ4v) is 3.98. The Hall–Kier alpha value is -1.09. The molecule has 1 aliphatic carbocycles. The second-order valence-electron chi connectivity index (χ2n) is 5.81. The van der Waals surface area contributed by atoms with Crippen LogP contribution < -0.4 is 0 Å². The SMILES string of the molecule is Cc1nc(Br)c(-c2ccc(C3CCCCC3)cc2)n1C. The molecule has 1 aromatic heterocycles. The molecule has 1 aromatic carbocycles. The van der Waals surface area contributed by atoms with E-state index in [0.29, 0.717) is 0 Å². The van der Waals surface area contributed by atoms with E-state index in [1.54, 1.807) is 0 Å². The van der Waals surface area contributed by atoms with E-state index in [0.717, 1.165) is 22.0 Å². The van der Waals surface area contributed by atoms with E-state index in [1.165, 1.54) is 43.2 Å². The topological polar surface area (TPSA) is 17.8 Å². The molecule has 1 heterocycles. The summed E-state index contributed by atoms with van der Waals surface area (Å²) in [6.45, 7) is 2.03. The van der Waals surface area contributed by atoms with Gasteiger partial charge < -0.3 is 4.57 Å². The first-order valence-electron chi connectivity index (χ1n) is 7.46. The maximum atomic E-state index is 4.48. The molecule has 0 spiro atoms. The number of halogens is 1. The van der Waals surface area contributed by atoms with E-state index in [-0.39, 0.29) is 0 Å². The number of hydrogen-bond donors (Lipinski definition) is 0. The summed E-state index contributed by atoms with van der Waals surface area (Å²) in [4.78, 5) is 4.48. The van der Waals surface area contributed by atoms with Gasteiger partial charge in [0.1, 0.15) is 10.4 Å². The highest BCUT2D eigenvalue weighted by atomic mass is 79.9. The molecule has 0 aliphatic heterocycles. The van der Waals surface area contributed by atoms with Crippen molar-refractivity contribution in [2.45, 2.75) is 44.9 Å². The second kappa shape index (κ2) is 5.72. The van der Waals surface area contributed by atoms with Crippen LogP contribution in [-0.2, 0) is 7.05 Å². The standard InChI is InChI=1S/C17H21BrN2/c1-12-19-17(18)16(20(12)2)15-10-8-14(9-11-15)13-6-4-3-5-7-13/h8-11,13H,3-7H2,1-2H3. The zero-order valence-electron chi connectivity index (χ0n) is 12.2. The van der Waals surface area contributed by atoms with Crippen molar-refractivity contribution in [1.82, 2.24) is 9.55 Å². The third kappa shape index (κ3) is 2.56. The average Bonchev–Trinajstić information content (AvgIpc) is 2.73. The van der Waals surface area contributed by atoms with E-state index in [4.69, 9.17) is 0 Å². The van der Waals surface area contributed by atoms with Gasteiger partial charge in [0, 0.05) is 12.6 Å². The highest BCUT2D eigenvalue weighted by Gasteiger charge is 2.16. The molecule has 0 atom stereocenters. The zero-order chi connectivity index (χ0) is 14.1. The van der Waals surface area contributed by atoms with Crippen LogP contribution in [0.15, 0.2) is 28.9 Å². The Kier molecular flexibility index (Phi) is 3.97. The Morgan fingerprint density at radius 2 is 1.75 bits per heavy atom. The van der Waals surface area contributed by atoms with Crippen LogP contribution in [0.2, 0.25) is 0 Å². The van der Waals surface area contributed by atoms with Crippen LogP contribution in [0, 0.1) is 6.92 Å². The van der Waals surface area contributed by atoms with E-state index < -0.39 is 0 Å². The quantitative estimate of drug-likeness (QED) is 0.738. The highest BCUT2D eigenvalue weighted by molar-refractivity contribution is 9.10. The van der Waals surface area contributed by atoms with Gasteiger partial charge in [-0.3, -0.25) is 0 Å². The van der Waals surface area contributed by atoms with Crippen molar-refractivity contribution in [2.24, 2.45) is 7.05 Å². The summed E-state index contributed by atoms with van der Waals surface area (Å²) < 4.78 is 3.07. The lowest BCUT2D eigenvalue weighted by Crippen LogP contribution is -2.04. The van der Waals surface area contributed by atoms with Crippen LogP contribution in [0.1, 0.15) is 49.4 Å². The first-order valence-corrected chi connectivity index (χ1v) is 8.25. The molecular formula is C17H21BrN2. The van der Waals surface area contributed by atoms with Gasteiger partial charge in [0.2, 0.25) is 0 Å². The molecule has 0 N–H and O–H groups in total. The maximum absolute atomic E-state index is 4.48. The Labute approximate surface area is 129 Å². The van der Waals surface area contributed by atoms with Gasteiger partial charge >= 0.3 is 0 Å². The van der Waals surface area contributed by atoms with E-state index in [1.807, 2.05) is 6.92 Å². The third-order valence-corrected chi connectivity index (χ3v) is 5.09. The maximum Gasteiger partial charge on any atom is 0.132 e. The van der Waals surface area contributed by atoms with Gasteiger partial charge in [0.25, 0.3) is 0 Å². The van der Waals surface area contributed by atoms with Crippen molar-refractivity contribution in [3.63, 3.8) is 0 Å². The smallest absolute Gasteiger partial charge is 0.132 e. The normalized spacial score (nSPS) is 16.6. The molecular weight excluding hydrogens is 312 g/mol. The molecule has 0 saturated heterocycles. The minimum Gasteiger partial charge on any atom is -0.330 e. The minimum atomic E-state index is 0.773. The van der Waals surface area contributed by atoms with Crippen LogP contribution in [0.25, 0.3) is 11.3 Å². The summed E-state index contributed by atoms with van der Waals surface area (Å²) in [5.41, 5.74) is 3.90. The number of aryl methyl sites for hydroxylation is 1. The molecule has 1 fully saturated rings. The van der Waals surface area contributed by atoms with Gasteiger partial charge in [-0.25, -0.2) is 4.98 Å². The predicted octanol–water partition coefficient (Wildman–Crippen LogP) is 5.21. The largest absolute Gasteiger partial charge is 0.330 e. The van der Waals surface area contributed by atoms with Crippen LogP contribution in [0.5, 0.6) is 0 Å². The number of rotatable bonds is 2. The number of benzene rings is 1. The fourth-order valence-electron chi connectivity index (χ4n) is 3.23. The Morgan fingerprint density at radius 3 is 2.30 bits per heavy atom. The Morgan fingerprint density at radius 1 is 1.10 bits per heavy atom. The molecule has 3 heteroatoms. The molecule has 0 unspecified atom stereocenters. The van der Waals surface area contributed by atoms with E-state index in [9.17, 15) is 0 Å². The zero-order valence-corrected chi connectivity index (χ0v) is 13.8. The average molecular weight is 333 g/mol. The molecule has 2 aromatic rings. The van der Waals surface area contributed by atoms with Crippen LogP contribution in [-0.4, -0.2) is 9.55 Å². The number of hydrogen-bond acceptors (Lipinski definition) is 1. The number of nitrogens with zero attached hydrogens (tertiary/aromatic N) is 2. The fraction of sp³-hybridized carbons (Fsp3) is 0.471. The summed E-state index contributed by atoms with van der Waals surface area (Å²) in [6.07, 6.45) is 6.90. The van der Waals surface area contributed by atoms with Gasteiger partial charge in [-0.2, -0.15) is 0 Å². The molecule has 20 heavy (non-hydrogen) atoms. The lowest BCUT2D eigenvalue weighted by atomic mass is 9.84. The lowest BCUT2D eigenvalue weighted by Gasteiger charge is -2.22. The highest BCUT2D eigenvalue weighted by Crippen LogP contribution is 2.34. The van der Waals surface area contributed by atoms with Gasteiger partial charge in [0.05, 0.1) is 5.69 Å². The van der Waals surface area contributed by atoms with Crippen molar-refractivity contribution in [1.29, 1.82) is 0 Å². The molecule has 1 saturated carbocycles. The summed E-state index contributed by atoms with van der Waals surface area (Å²) in [7, 11) is 2.07. The molecule has 1 aliphatic rings. The molecule has 0 bridgehead atoms. The summed E-state index contributed by atoms with van der Waals surface area (Å²) >= 11 is 3.57. The van der Waals surface area contributed by atoms with E-state index in [2.05, 4.69) is 56.8 Å². The van der Waals surface area contributed by atoms with Gasteiger partial charge in [-0.05, 0) is 47.2 Å². The van der Waals surface area contributed by atoms with Crippen molar-refractivity contribution in [2.75, 3.05) is 0 Å². The first kappa shape index (κ1) is 13.9. The third-order valence-electron chi connectivity index (χ3n) is 4.54. The van der Waals surface area contributed by atoms with Gasteiger partial charge in [-0.1, -0.05) is 43.5 Å². The minimum absolute atomic E-state index is 0.773. The van der Waals surface area contributed by atoms with Crippen LogP contribution >= 0.6 is 15.9 Å². The molecule has 2 nitrogen and oxygen atoms in total. The number of aromatic nitrogens is 2. The molecule has 106 valence electrons. The summed E-state index contributed by atoms with van der Waals surface area (Å²) in [6, 6.07) is 9.09. The molecule has 0 amide bonds. The van der Waals surface area contributed by atoms with E-state index >= 15 is 0 Å². The Bertz CT molecular complexity index is 592. The predicted molar refractivity (Wildman–Crippen MR) is 86.9 cm³/mol. The summed E-state index contributed by atoms with van der Waals surface area (Å²) in [5, 5.41) is 0. The van der Waals surface area contributed by atoms with Crippen molar-refractivity contribution < 1.29 is 0 Å². The summed E-state index contributed by atoms with van der Waals surface area (Å²) in [5.74, 6) is 1.80. The van der Waals surface area contributed by atoms with Crippen LogP contribution in [0.3, 0.4) is 0 Å². The van der Waals surface area contributed by atoms with Crippen LogP contribution in [0.4, 0.5) is 0 Å².